The van der Waals surface area contributed by atoms with Gasteiger partial charge in [0, 0.05) is 12.0 Å². The zero-order valence-corrected chi connectivity index (χ0v) is 9.50. The molecule has 2 heterocycles. The van der Waals surface area contributed by atoms with Gasteiger partial charge in [-0.1, -0.05) is 42.4 Å². The number of aromatic nitrogens is 4. The van der Waals surface area contributed by atoms with E-state index in [0.717, 1.165) is 18.4 Å². The normalized spacial score (nSPS) is 11.1. The average Bonchev–Trinajstić information content (AvgIpc) is 2.90. The van der Waals surface area contributed by atoms with E-state index in [1.807, 2.05) is 30.3 Å². The van der Waals surface area contributed by atoms with Gasteiger partial charge < -0.3 is 4.42 Å². The van der Waals surface area contributed by atoms with Crippen LogP contribution in [0.15, 0.2) is 34.7 Å². The van der Waals surface area contributed by atoms with Gasteiger partial charge in [0.25, 0.3) is 0 Å². The van der Waals surface area contributed by atoms with Gasteiger partial charge in [-0.3, -0.25) is 0 Å². The summed E-state index contributed by atoms with van der Waals surface area (Å²) in [5.41, 5.74) is 0.983. The molecule has 0 atom stereocenters. The number of aryl methyl sites for hydroxylation is 1. The maximum absolute atomic E-state index is 5.49. The molecule has 0 radical (unpaired) electrons. The fourth-order valence-corrected chi connectivity index (χ4v) is 1.74. The molecule has 0 N–H and O–H groups in total. The average molecular weight is 228 g/mol. The third kappa shape index (κ3) is 1.69. The van der Waals surface area contributed by atoms with Crippen LogP contribution in [0.2, 0.25) is 0 Å². The van der Waals surface area contributed by atoms with Crippen LogP contribution in [0.5, 0.6) is 0 Å². The summed E-state index contributed by atoms with van der Waals surface area (Å²) in [6, 6.07) is 9.84. The molecule has 5 heteroatoms. The van der Waals surface area contributed by atoms with Crippen molar-refractivity contribution in [2.24, 2.45) is 0 Å². The van der Waals surface area contributed by atoms with Crippen LogP contribution < -0.4 is 0 Å². The standard InChI is InChI=1S/C12H12N4O/c1-2-6-10-15-16-11(13-14-12(16)17-10)9-7-4-3-5-8-9/h3-5,7-8H,2,6H2,1H3. The molecule has 0 aliphatic carbocycles. The fourth-order valence-electron chi connectivity index (χ4n) is 1.74. The summed E-state index contributed by atoms with van der Waals surface area (Å²) in [4.78, 5) is 0. The first kappa shape index (κ1) is 10.0. The van der Waals surface area contributed by atoms with Gasteiger partial charge in [-0.25, -0.2) is 0 Å². The number of hydrogen-bond donors (Lipinski definition) is 0. The van der Waals surface area contributed by atoms with E-state index in [2.05, 4.69) is 22.2 Å². The minimum Gasteiger partial charge on any atom is -0.407 e. The van der Waals surface area contributed by atoms with Crippen molar-refractivity contribution in [2.45, 2.75) is 19.8 Å². The van der Waals surface area contributed by atoms with Crippen molar-refractivity contribution in [3.8, 4) is 11.4 Å². The van der Waals surface area contributed by atoms with Gasteiger partial charge in [0.1, 0.15) is 0 Å². The van der Waals surface area contributed by atoms with Crippen LogP contribution in [0.25, 0.3) is 17.2 Å². The van der Waals surface area contributed by atoms with Crippen LogP contribution >= 0.6 is 0 Å². The molecule has 0 saturated carbocycles. The van der Waals surface area contributed by atoms with Gasteiger partial charge in [0.15, 0.2) is 5.82 Å². The second kappa shape index (κ2) is 4.01. The van der Waals surface area contributed by atoms with Gasteiger partial charge in [-0.05, 0) is 6.42 Å². The lowest BCUT2D eigenvalue weighted by molar-refractivity contribution is 0.515. The Labute approximate surface area is 98.1 Å². The first-order chi connectivity index (χ1) is 8.38. The zero-order valence-electron chi connectivity index (χ0n) is 9.50. The Morgan fingerprint density at radius 3 is 2.76 bits per heavy atom. The quantitative estimate of drug-likeness (QED) is 0.690. The summed E-state index contributed by atoms with van der Waals surface area (Å²) in [6.07, 6.45) is 1.81. The summed E-state index contributed by atoms with van der Waals surface area (Å²) in [5.74, 6) is 1.87. The predicted octanol–water partition coefficient (Wildman–Crippen LogP) is 2.34. The molecule has 5 nitrogen and oxygen atoms in total. The van der Waals surface area contributed by atoms with E-state index in [-0.39, 0.29) is 0 Å². The molecule has 0 fully saturated rings. The molecule has 3 aromatic rings. The second-order valence-corrected chi connectivity index (χ2v) is 3.83. The summed E-state index contributed by atoms with van der Waals surface area (Å²) in [7, 11) is 0. The molecular formula is C12H12N4O. The lowest BCUT2D eigenvalue weighted by Crippen LogP contribution is -1.92. The van der Waals surface area contributed by atoms with Crippen molar-refractivity contribution in [3.05, 3.63) is 36.2 Å². The van der Waals surface area contributed by atoms with E-state index >= 15 is 0 Å². The monoisotopic (exact) mass is 228 g/mol. The third-order valence-electron chi connectivity index (χ3n) is 2.53. The van der Waals surface area contributed by atoms with Crippen molar-refractivity contribution in [1.82, 2.24) is 19.8 Å². The van der Waals surface area contributed by atoms with Crippen LogP contribution in [-0.4, -0.2) is 19.8 Å². The topological polar surface area (TPSA) is 56.2 Å². The molecule has 0 spiro atoms. The van der Waals surface area contributed by atoms with Gasteiger partial charge in [0.05, 0.1) is 0 Å². The lowest BCUT2D eigenvalue weighted by Gasteiger charge is -1.94. The molecular weight excluding hydrogens is 216 g/mol. The van der Waals surface area contributed by atoms with Crippen LogP contribution in [0.1, 0.15) is 19.2 Å². The maximum Gasteiger partial charge on any atom is 0.345 e. The van der Waals surface area contributed by atoms with Crippen LogP contribution in [0.4, 0.5) is 0 Å². The Bertz CT molecular complexity index is 626. The summed E-state index contributed by atoms with van der Waals surface area (Å²) >= 11 is 0. The van der Waals surface area contributed by atoms with Crippen LogP contribution in [0.3, 0.4) is 0 Å². The van der Waals surface area contributed by atoms with Crippen molar-refractivity contribution in [1.29, 1.82) is 0 Å². The smallest absolute Gasteiger partial charge is 0.345 e. The van der Waals surface area contributed by atoms with E-state index in [1.54, 1.807) is 4.52 Å². The predicted molar refractivity (Wildman–Crippen MR) is 62.5 cm³/mol. The highest BCUT2D eigenvalue weighted by Crippen LogP contribution is 2.18. The maximum atomic E-state index is 5.49. The Kier molecular flexibility index (Phi) is 2.36. The van der Waals surface area contributed by atoms with Gasteiger partial charge in [0.2, 0.25) is 5.89 Å². The van der Waals surface area contributed by atoms with E-state index < -0.39 is 0 Å². The van der Waals surface area contributed by atoms with E-state index in [0.29, 0.717) is 17.6 Å². The fraction of sp³-hybridized carbons (Fsp3) is 0.250. The molecule has 2 aromatic heterocycles. The number of rotatable bonds is 3. The van der Waals surface area contributed by atoms with Gasteiger partial charge in [-0.15, -0.1) is 10.2 Å². The molecule has 1 aromatic carbocycles. The minimum atomic E-state index is 0.451. The Hall–Kier alpha value is -2.17. The molecule has 0 aliphatic rings. The first-order valence-corrected chi connectivity index (χ1v) is 5.65. The molecule has 0 aliphatic heterocycles. The molecule has 0 unspecified atom stereocenters. The van der Waals surface area contributed by atoms with Crippen LogP contribution in [0, 0.1) is 0 Å². The van der Waals surface area contributed by atoms with Crippen molar-refractivity contribution in [3.63, 3.8) is 0 Å². The van der Waals surface area contributed by atoms with E-state index in [1.165, 1.54) is 0 Å². The number of hydrogen-bond acceptors (Lipinski definition) is 4. The Morgan fingerprint density at radius 1 is 1.18 bits per heavy atom. The van der Waals surface area contributed by atoms with Gasteiger partial charge in [-0.2, -0.15) is 4.52 Å². The minimum absolute atomic E-state index is 0.451. The van der Waals surface area contributed by atoms with Crippen molar-refractivity contribution < 1.29 is 4.42 Å². The second-order valence-electron chi connectivity index (χ2n) is 3.83. The number of fused-ring (bicyclic) bond motifs is 1. The molecule has 3 rings (SSSR count). The van der Waals surface area contributed by atoms with Gasteiger partial charge >= 0.3 is 5.84 Å². The lowest BCUT2D eigenvalue weighted by atomic mass is 10.2. The largest absolute Gasteiger partial charge is 0.407 e. The molecule has 0 amide bonds. The highest BCUT2D eigenvalue weighted by atomic mass is 16.4. The highest BCUT2D eigenvalue weighted by Gasteiger charge is 2.13. The van der Waals surface area contributed by atoms with E-state index in [4.69, 9.17) is 4.42 Å². The zero-order chi connectivity index (χ0) is 11.7. The summed E-state index contributed by atoms with van der Waals surface area (Å²) < 4.78 is 7.14. The Balaban J connectivity index is 2.11. The summed E-state index contributed by atoms with van der Waals surface area (Å²) in [6.45, 7) is 2.09. The van der Waals surface area contributed by atoms with Crippen LogP contribution in [-0.2, 0) is 6.42 Å². The first-order valence-electron chi connectivity index (χ1n) is 5.65. The third-order valence-corrected chi connectivity index (χ3v) is 2.53. The highest BCUT2D eigenvalue weighted by molar-refractivity contribution is 5.56. The molecule has 0 saturated heterocycles. The van der Waals surface area contributed by atoms with Crippen molar-refractivity contribution in [2.75, 3.05) is 0 Å². The Morgan fingerprint density at radius 2 is 2.00 bits per heavy atom. The summed E-state index contributed by atoms with van der Waals surface area (Å²) in [5, 5.41) is 12.4. The van der Waals surface area contributed by atoms with E-state index in [9.17, 15) is 0 Å². The number of nitrogens with zero attached hydrogens (tertiary/aromatic N) is 4. The SMILES string of the molecule is CCCc1nn2c(-c3ccccc3)nnc2o1. The number of benzene rings is 1. The molecule has 86 valence electrons. The molecule has 17 heavy (non-hydrogen) atoms. The molecule has 0 bridgehead atoms. The van der Waals surface area contributed by atoms with Crippen molar-refractivity contribution >= 4 is 5.84 Å².